The molecular weight excluding hydrogens is 316 g/mol. The molecule has 0 aliphatic rings. The second-order valence-corrected chi connectivity index (χ2v) is 5.14. The van der Waals surface area contributed by atoms with E-state index in [0.717, 1.165) is 5.56 Å². The van der Waals surface area contributed by atoms with Crippen molar-refractivity contribution in [1.29, 1.82) is 0 Å². The van der Waals surface area contributed by atoms with Crippen molar-refractivity contribution in [2.45, 2.75) is 24.9 Å². The molecule has 0 fully saturated rings. The summed E-state index contributed by atoms with van der Waals surface area (Å²) in [6, 6.07) is 6.63. The molecule has 0 saturated carbocycles. The third-order valence-corrected chi connectivity index (χ3v) is 3.09. The summed E-state index contributed by atoms with van der Waals surface area (Å²) < 4.78 is 0. The molecule has 0 radical (unpaired) electrons. The maximum atomic E-state index is 12.1. The van der Waals surface area contributed by atoms with Gasteiger partial charge in [0.15, 0.2) is 0 Å². The summed E-state index contributed by atoms with van der Waals surface area (Å²) >= 11 is 0. The summed E-state index contributed by atoms with van der Waals surface area (Å²) in [7, 11) is 0. The van der Waals surface area contributed by atoms with Gasteiger partial charge in [-0.3, -0.25) is 19.2 Å². The number of aliphatic carboxylic acids is 1. The van der Waals surface area contributed by atoms with E-state index in [1.165, 1.54) is 0 Å². The number of hydrogen-bond donors (Lipinski definition) is 5. The highest BCUT2D eigenvalue weighted by Crippen LogP contribution is 2.04. The lowest BCUT2D eigenvalue weighted by molar-refractivity contribution is -0.138. The molecule has 2 unspecified atom stereocenters. The molecular formula is C15H20N4O5. The number of nitrogens with two attached hydrogens (primary N) is 2. The molecule has 0 aliphatic carbocycles. The molecule has 0 aliphatic heterocycles. The largest absolute Gasteiger partial charge is 0.480 e. The van der Waals surface area contributed by atoms with Gasteiger partial charge in [0.2, 0.25) is 17.7 Å². The third-order valence-electron chi connectivity index (χ3n) is 3.09. The maximum Gasteiger partial charge on any atom is 0.322 e. The molecule has 3 amide bonds. The molecule has 1 rings (SSSR count). The fraction of sp³-hybridized carbons (Fsp3) is 0.333. The van der Waals surface area contributed by atoms with Crippen molar-refractivity contribution < 1.29 is 24.3 Å². The average Bonchev–Trinajstić information content (AvgIpc) is 2.52. The molecule has 9 heteroatoms. The Morgan fingerprint density at radius 3 is 2.25 bits per heavy atom. The number of carboxylic acids is 1. The predicted molar refractivity (Wildman–Crippen MR) is 84.5 cm³/mol. The second-order valence-electron chi connectivity index (χ2n) is 5.14. The van der Waals surface area contributed by atoms with Crippen molar-refractivity contribution in [3.8, 4) is 0 Å². The minimum absolute atomic E-state index is 0.140. The number of hydrogen-bond acceptors (Lipinski definition) is 5. The number of carbonyl (C=O) groups is 4. The van der Waals surface area contributed by atoms with Crippen LogP contribution in [0.1, 0.15) is 12.0 Å². The van der Waals surface area contributed by atoms with Gasteiger partial charge >= 0.3 is 5.97 Å². The van der Waals surface area contributed by atoms with E-state index < -0.39 is 42.3 Å². The quantitative estimate of drug-likeness (QED) is 0.354. The van der Waals surface area contributed by atoms with Gasteiger partial charge in [0.05, 0.1) is 12.5 Å². The van der Waals surface area contributed by atoms with Crippen molar-refractivity contribution in [2.75, 3.05) is 6.54 Å². The monoisotopic (exact) mass is 336 g/mol. The first-order chi connectivity index (χ1) is 11.3. The molecule has 24 heavy (non-hydrogen) atoms. The van der Waals surface area contributed by atoms with Gasteiger partial charge in [-0.2, -0.15) is 0 Å². The van der Waals surface area contributed by atoms with E-state index in [2.05, 4.69) is 10.6 Å². The van der Waals surface area contributed by atoms with Crippen LogP contribution < -0.4 is 22.1 Å². The van der Waals surface area contributed by atoms with E-state index >= 15 is 0 Å². The summed E-state index contributed by atoms with van der Waals surface area (Å²) in [5.41, 5.74) is 11.3. The van der Waals surface area contributed by atoms with Crippen molar-refractivity contribution >= 4 is 23.7 Å². The standard InChI is InChI=1S/C15H20N4O5/c16-10(7-12(17)20)14(23)19-11(15(24)18-8-13(21)22)6-9-4-2-1-3-5-9/h1-5,10-11H,6-8,16H2,(H2,17,20)(H,18,24)(H,19,23)(H,21,22). The van der Waals surface area contributed by atoms with Crippen molar-refractivity contribution in [3.63, 3.8) is 0 Å². The van der Waals surface area contributed by atoms with Crippen LogP contribution in [0.15, 0.2) is 30.3 Å². The molecule has 9 nitrogen and oxygen atoms in total. The van der Waals surface area contributed by atoms with Crippen LogP contribution in [-0.4, -0.2) is 47.4 Å². The first-order valence-electron chi connectivity index (χ1n) is 7.17. The van der Waals surface area contributed by atoms with Crippen LogP contribution in [0.5, 0.6) is 0 Å². The van der Waals surface area contributed by atoms with Crippen LogP contribution >= 0.6 is 0 Å². The normalized spacial score (nSPS) is 12.7. The zero-order valence-corrected chi connectivity index (χ0v) is 12.9. The molecule has 0 bridgehead atoms. The van der Waals surface area contributed by atoms with E-state index in [1.54, 1.807) is 30.3 Å². The van der Waals surface area contributed by atoms with E-state index in [4.69, 9.17) is 16.6 Å². The third kappa shape index (κ3) is 6.88. The molecule has 0 spiro atoms. The molecule has 130 valence electrons. The van der Waals surface area contributed by atoms with E-state index in [1.807, 2.05) is 0 Å². The SMILES string of the molecule is NC(=O)CC(N)C(=O)NC(Cc1ccccc1)C(=O)NCC(=O)O. The van der Waals surface area contributed by atoms with Crippen LogP contribution in [0.3, 0.4) is 0 Å². The molecule has 2 atom stereocenters. The Morgan fingerprint density at radius 2 is 1.71 bits per heavy atom. The summed E-state index contributed by atoms with van der Waals surface area (Å²) in [5, 5.41) is 13.2. The Hall–Kier alpha value is -2.94. The van der Waals surface area contributed by atoms with E-state index in [-0.39, 0.29) is 12.8 Å². The van der Waals surface area contributed by atoms with Gasteiger partial charge in [-0.15, -0.1) is 0 Å². The number of primary amides is 1. The van der Waals surface area contributed by atoms with E-state index in [0.29, 0.717) is 0 Å². The summed E-state index contributed by atoms with van der Waals surface area (Å²) in [6.45, 7) is -0.576. The van der Waals surface area contributed by atoms with Crippen molar-refractivity contribution in [1.82, 2.24) is 10.6 Å². The Balaban J connectivity index is 2.79. The number of carboxylic acid groups (broad SMARTS) is 1. The van der Waals surface area contributed by atoms with Crippen LogP contribution in [0.4, 0.5) is 0 Å². The lowest BCUT2D eigenvalue weighted by Gasteiger charge is -2.20. The second kappa shape index (κ2) is 9.26. The highest BCUT2D eigenvalue weighted by Gasteiger charge is 2.25. The highest BCUT2D eigenvalue weighted by atomic mass is 16.4. The molecule has 7 N–H and O–H groups in total. The Kier molecular flexibility index (Phi) is 7.37. The number of amides is 3. The first kappa shape index (κ1) is 19.1. The smallest absolute Gasteiger partial charge is 0.322 e. The Morgan fingerprint density at radius 1 is 1.08 bits per heavy atom. The summed E-state index contributed by atoms with van der Waals surface area (Å²) in [5.74, 6) is -3.34. The zero-order valence-electron chi connectivity index (χ0n) is 12.9. The average molecular weight is 336 g/mol. The fourth-order valence-corrected chi connectivity index (χ4v) is 1.93. The van der Waals surface area contributed by atoms with Gasteiger partial charge in [-0.1, -0.05) is 30.3 Å². The fourth-order valence-electron chi connectivity index (χ4n) is 1.93. The predicted octanol–water partition coefficient (Wildman–Crippen LogP) is -1.88. The number of carbonyl (C=O) groups excluding carboxylic acids is 3. The van der Waals surface area contributed by atoms with Crippen molar-refractivity contribution in [2.24, 2.45) is 11.5 Å². The van der Waals surface area contributed by atoms with Gasteiger partial charge in [0, 0.05) is 6.42 Å². The van der Waals surface area contributed by atoms with Gasteiger partial charge in [-0.05, 0) is 5.56 Å². The Bertz CT molecular complexity index is 605. The lowest BCUT2D eigenvalue weighted by atomic mass is 10.0. The number of nitrogens with one attached hydrogen (secondary N) is 2. The first-order valence-corrected chi connectivity index (χ1v) is 7.17. The minimum Gasteiger partial charge on any atom is -0.480 e. The molecule has 0 aromatic heterocycles. The molecule has 1 aromatic carbocycles. The maximum absolute atomic E-state index is 12.1. The molecule has 0 saturated heterocycles. The zero-order chi connectivity index (χ0) is 18.1. The lowest BCUT2D eigenvalue weighted by Crippen LogP contribution is -2.53. The van der Waals surface area contributed by atoms with Gasteiger partial charge in [0.1, 0.15) is 12.6 Å². The van der Waals surface area contributed by atoms with E-state index in [9.17, 15) is 19.2 Å². The Labute approximate surface area is 138 Å². The number of benzene rings is 1. The number of rotatable bonds is 9. The van der Waals surface area contributed by atoms with Gasteiger partial charge < -0.3 is 27.2 Å². The van der Waals surface area contributed by atoms with Crippen LogP contribution in [-0.2, 0) is 25.6 Å². The highest BCUT2D eigenvalue weighted by molar-refractivity contribution is 5.93. The van der Waals surface area contributed by atoms with Gasteiger partial charge in [0.25, 0.3) is 0 Å². The van der Waals surface area contributed by atoms with Crippen LogP contribution in [0.25, 0.3) is 0 Å². The molecule has 1 aromatic rings. The topological polar surface area (TPSA) is 165 Å². The van der Waals surface area contributed by atoms with Crippen LogP contribution in [0, 0.1) is 0 Å². The van der Waals surface area contributed by atoms with Crippen LogP contribution in [0.2, 0.25) is 0 Å². The van der Waals surface area contributed by atoms with Gasteiger partial charge in [-0.25, -0.2) is 0 Å². The summed E-state index contributed by atoms with van der Waals surface area (Å²) in [4.78, 5) is 45.5. The minimum atomic E-state index is -1.21. The summed E-state index contributed by atoms with van der Waals surface area (Å²) in [6.07, 6.45) is -0.220. The van der Waals surface area contributed by atoms with Crippen molar-refractivity contribution in [3.05, 3.63) is 35.9 Å². The molecule has 0 heterocycles.